The van der Waals surface area contributed by atoms with E-state index >= 15 is 0 Å². The highest BCUT2D eigenvalue weighted by atomic mass is 16.6. The van der Waals surface area contributed by atoms with E-state index in [1.165, 1.54) is 24.3 Å². The van der Waals surface area contributed by atoms with Crippen molar-refractivity contribution >= 4 is 47.8 Å². The Morgan fingerprint density at radius 1 is 0.250 bits per heavy atom. The van der Waals surface area contributed by atoms with Crippen LogP contribution in [0.3, 0.4) is 0 Å². The number of esters is 8. The van der Waals surface area contributed by atoms with Gasteiger partial charge in [0.2, 0.25) is 0 Å². The first-order chi connectivity index (χ1) is 34.2. The van der Waals surface area contributed by atoms with Crippen molar-refractivity contribution in [1.29, 1.82) is 0 Å². The van der Waals surface area contributed by atoms with Gasteiger partial charge in [-0.15, -0.1) is 0 Å². The van der Waals surface area contributed by atoms with Gasteiger partial charge in [-0.1, -0.05) is 83.1 Å². The zero-order chi connectivity index (χ0) is 53.1. The maximum absolute atomic E-state index is 13.3. The fourth-order valence-electron chi connectivity index (χ4n) is 8.02. The molecule has 0 aliphatic heterocycles. The quantitative estimate of drug-likeness (QED) is 0.0754. The number of ether oxygens (including phenoxy) is 8. The van der Waals surface area contributed by atoms with Crippen LogP contribution in [-0.4, -0.2) is 47.8 Å². The molecule has 0 spiro atoms. The third-order valence-corrected chi connectivity index (χ3v) is 12.4. The number of hydrogen-bond acceptors (Lipinski definition) is 16. The van der Waals surface area contributed by atoms with E-state index in [1.807, 2.05) is 0 Å². The third kappa shape index (κ3) is 12.7. The fourth-order valence-corrected chi connectivity index (χ4v) is 8.02. The molecule has 0 aromatic heterocycles. The van der Waals surface area contributed by atoms with Gasteiger partial charge < -0.3 is 37.9 Å². The van der Waals surface area contributed by atoms with E-state index in [0.29, 0.717) is 44.5 Å². The smallest absolute Gasteiger partial charge is 0.310 e. The molecular formula is C56H64O16. The molecule has 1 aliphatic rings. The third-order valence-electron chi connectivity index (χ3n) is 12.4. The van der Waals surface area contributed by atoms with Gasteiger partial charge in [-0.2, -0.15) is 0 Å². The molecule has 16 heteroatoms. The number of rotatable bonds is 16. The Labute approximate surface area is 419 Å². The highest BCUT2D eigenvalue weighted by Crippen LogP contribution is 2.51. The second kappa shape index (κ2) is 24.7. The zero-order valence-electron chi connectivity index (χ0n) is 43.1. The maximum atomic E-state index is 13.3. The summed E-state index contributed by atoms with van der Waals surface area (Å²) in [6, 6.07) is 12.5. The molecule has 0 unspecified atom stereocenters. The van der Waals surface area contributed by atoms with Crippen LogP contribution in [0.15, 0.2) is 48.5 Å². The van der Waals surface area contributed by atoms with Gasteiger partial charge >= 0.3 is 47.8 Å². The summed E-state index contributed by atoms with van der Waals surface area (Å²) in [7, 11) is 0. The Morgan fingerprint density at radius 3 is 0.458 bits per heavy atom. The number of fused-ring (bicyclic) bond motifs is 8. The lowest BCUT2D eigenvalue weighted by molar-refractivity contribution is -0.135. The minimum absolute atomic E-state index is 0.0126. The summed E-state index contributed by atoms with van der Waals surface area (Å²) >= 11 is 0. The predicted octanol–water partition coefficient (Wildman–Crippen LogP) is 11.1. The Morgan fingerprint density at radius 2 is 0.361 bits per heavy atom. The minimum atomic E-state index is -0.839. The molecule has 0 heterocycles. The fraction of sp³-hybridized carbons (Fsp3) is 0.429. The summed E-state index contributed by atoms with van der Waals surface area (Å²) in [6.07, 6.45) is -0.222. The zero-order valence-corrected chi connectivity index (χ0v) is 43.1. The van der Waals surface area contributed by atoms with E-state index < -0.39 is 71.4 Å². The first-order valence-corrected chi connectivity index (χ1v) is 24.6. The van der Waals surface area contributed by atoms with Gasteiger partial charge in [0.05, 0.1) is 0 Å². The van der Waals surface area contributed by atoms with Crippen molar-refractivity contribution in [1.82, 2.24) is 0 Å². The Bertz CT molecular complexity index is 2230. The molecule has 5 rings (SSSR count). The van der Waals surface area contributed by atoms with Crippen molar-refractivity contribution in [2.75, 3.05) is 0 Å². The molecule has 384 valence electrons. The first kappa shape index (κ1) is 55.6. The highest BCUT2D eigenvalue weighted by molar-refractivity contribution is 5.80. The number of benzene rings is 4. The summed E-state index contributed by atoms with van der Waals surface area (Å²) < 4.78 is 48.1. The van der Waals surface area contributed by atoms with Gasteiger partial charge in [0, 0.05) is 144 Å². The SMILES string of the molecule is CCC(=O)Oc1cc(OC(=O)CC)c2cc1C(C)c1cc(c(OC(=O)CC)cc1OC(=O)CC)C(C)c1cc(c(OC(=O)CC)cc1OC(=O)CC)C(C)c1cc(c(OC(=O)CC)cc1OC(=O)CC)C2C. The average molecular weight is 993 g/mol. The van der Waals surface area contributed by atoms with Gasteiger partial charge in [-0.25, -0.2) is 0 Å². The van der Waals surface area contributed by atoms with Crippen LogP contribution in [0.1, 0.15) is 203 Å². The lowest BCUT2D eigenvalue weighted by Gasteiger charge is -2.28. The predicted molar refractivity (Wildman–Crippen MR) is 263 cm³/mol. The normalized spacial score (nSPS) is 15.8. The van der Waals surface area contributed by atoms with E-state index in [0.717, 1.165) is 0 Å². The van der Waals surface area contributed by atoms with Crippen molar-refractivity contribution in [2.24, 2.45) is 0 Å². The van der Waals surface area contributed by atoms with E-state index in [4.69, 9.17) is 37.9 Å². The molecule has 16 nitrogen and oxygen atoms in total. The van der Waals surface area contributed by atoms with Crippen LogP contribution in [0.25, 0.3) is 0 Å². The van der Waals surface area contributed by atoms with Gasteiger partial charge in [-0.05, 0) is 24.3 Å². The Kier molecular flexibility index (Phi) is 19.0. The van der Waals surface area contributed by atoms with Crippen LogP contribution in [0.5, 0.6) is 46.0 Å². The molecule has 0 N–H and O–H groups in total. The van der Waals surface area contributed by atoms with Gasteiger partial charge in [0.1, 0.15) is 46.0 Å². The molecule has 8 bridgehead atoms. The number of carbonyl (C=O) groups is 8. The van der Waals surface area contributed by atoms with Crippen LogP contribution >= 0.6 is 0 Å². The molecule has 72 heavy (non-hydrogen) atoms. The van der Waals surface area contributed by atoms with Crippen molar-refractivity contribution in [2.45, 2.75) is 158 Å². The topological polar surface area (TPSA) is 210 Å². The van der Waals surface area contributed by atoms with E-state index in [1.54, 1.807) is 107 Å². The molecule has 4 aromatic carbocycles. The summed E-state index contributed by atoms with van der Waals surface area (Å²) in [6.45, 7) is 20.1. The standard InChI is InChI=1S/C56H64O16/c1-13-49(57)65-41-25-42(66-50(58)14-2)34-21-33(41)29(9)35-22-36(44(68-52(60)16-4)26-43(35)67-51(59)15-3)31(11)39-24-40(48(72-56(64)20-8)28-47(39)71-55(63)19-7)32(12)38-23-37(30(34)10)45(69-53(61)17-5)27-46(38)70-54(62)18-6/h21-32H,13-20H2,1-12H3. The summed E-state index contributed by atoms with van der Waals surface area (Å²) in [5, 5.41) is 0. The molecule has 0 atom stereocenters. The van der Waals surface area contributed by atoms with E-state index in [9.17, 15) is 38.4 Å². The molecule has 0 saturated heterocycles. The lowest BCUT2D eigenvalue weighted by atomic mass is 9.80. The number of carbonyl (C=O) groups excluding carboxylic acids is 8. The van der Waals surface area contributed by atoms with Gasteiger partial charge in [-0.3, -0.25) is 38.4 Å². The Hall–Kier alpha value is -7.36. The van der Waals surface area contributed by atoms with Crippen molar-refractivity contribution in [3.63, 3.8) is 0 Å². The minimum Gasteiger partial charge on any atom is -0.426 e. The molecule has 0 fully saturated rings. The summed E-state index contributed by atoms with van der Waals surface area (Å²) in [5.74, 6) is -8.18. The molecule has 0 saturated carbocycles. The van der Waals surface area contributed by atoms with Crippen LogP contribution in [0.4, 0.5) is 0 Å². The molecule has 0 radical (unpaired) electrons. The molecule has 4 aromatic rings. The molecule has 0 amide bonds. The Balaban J connectivity index is 2.12. The second-order valence-electron chi connectivity index (χ2n) is 17.2. The van der Waals surface area contributed by atoms with Crippen molar-refractivity contribution < 1.29 is 76.3 Å². The van der Waals surface area contributed by atoms with Crippen LogP contribution < -0.4 is 37.9 Å². The summed E-state index contributed by atoms with van der Waals surface area (Å²) in [5.41, 5.74) is 2.92. The summed E-state index contributed by atoms with van der Waals surface area (Å²) in [4.78, 5) is 106. The van der Waals surface area contributed by atoms with Gasteiger partial charge in [0.25, 0.3) is 0 Å². The number of hydrogen-bond donors (Lipinski definition) is 0. The van der Waals surface area contributed by atoms with Crippen molar-refractivity contribution in [3.8, 4) is 46.0 Å². The monoisotopic (exact) mass is 992 g/mol. The average Bonchev–Trinajstić information content (AvgIpc) is 3.37. The first-order valence-electron chi connectivity index (χ1n) is 24.6. The lowest BCUT2D eigenvalue weighted by Crippen LogP contribution is -2.18. The molecular weight excluding hydrogens is 929 g/mol. The second-order valence-corrected chi connectivity index (χ2v) is 17.2. The van der Waals surface area contributed by atoms with Gasteiger partial charge in [0.15, 0.2) is 0 Å². The maximum Gasteiger partial charge on any atom is 0.310 e. The van der Waals surface area contributed by atoms with E-state index in [-0.39, 0.29) is 97.4 Å². The van der Waals surface area contributed by atoms with Crippen LogP contribution in [-0.2, 0) is 38.4 Å². The molecule has 1 aliphatic carbocycles. The van der Waals surface area contributed by atoms with E-state index in [2.05, 4.69) is 0 Å². The van der Waals surface area contributed by atoms with Crippen LogP contribution in [0.2, 0.25) is 0 Å². The largest absolute Gasteiger partial charge is 0.426 e. The highest BCUT2D eigenvalue weighted by Gasteiger charge is 2.34. The van der Waals surface area contributed by atoms with Crippen molar-refractivity contribution in [3.05, 3.63) is 93.0 Å². The van der Waals surface area contributed by atoms with Crippen LogP contribution in [0, 0.1) is 0 Å².